The second-order valence-corrected chi connectivity index (χ2v) is 6.13. The molecule has 3 heteroatoms. The van der Waals surface area contributed by atoms with Crippen LogP contribution in [-0.2, 0) is 0 Å². The van der Waals surface area contributed by atoms with E-state index in [9.17, 15) is 0 Å². The van der Waals surface area contributed by atoms with Crippen LogP contribution in [0.1, 0.15) is 51.1 Å². The molecule has 1 heterocycles. The Balaban J connectivity index is 1.88. The second kappa shape index (κ2) is 8.40. The Bertz CT molecular complexity index is 421. The summed E-state index contributed by atoms with van der Waals surface area (Å²) in [7, 11) is 1.73. The van der Waals surface area contributed by atoms with Crippen LogP contribution in [0.25, 0.3) is 0 Å². The van der Waals surface area contributed by atoms with E-state index in [0.717, 1.165) is 5.75 Å². The number of hydrogen-bond acceptors (Lipinski definition) is 3. The fraction of sp³-hybridized carbons (Fsp3) is 0.667. The molecule has 0 bridgehead atoms. The molecule has 0 saturated carbocycles. The number of nitrogens with one attached hydrogen (secondary N) is 1. The Morgan fingerprint density at radius 1 is 1.33 bits per heavy atom. The van der Waals surface area contributed by atoms with Gasteiger partial charge in [-0.3, -0.25) is 0 Å². The van der Waals surface area contributed by atoms with Gasteiger partial charge in [-0.1, -0.05) is 19.1 Å². The van der Waals surface area contributed by atoms with E-state index < -0.39 is 0 Å². The van der Waals surface area contributed by atoms with Crippen molar-refractivity contribution < 1.29 is 4.74 Å². The highest BCUT2D eigenvalue weighted by Crippen LogP contribution is 2.21. The van der Waals surface area contributed by atoms with Gasteiger partial charge in [-0.15, -0.1) is 0 Å². The van der Waals surface area contributed by atoms with Gasteiger partial charge < -0.3 is 15.0 Å². The van der Waals surface area contributed by atoms with Gasteiger partial charge in [0.25, 0.3) is 0 Å². The number of hydrogen-bond donors (Lipinski definition) is 1. The molecule has 0 spiro atoms. The molecule has 1 aromatic carbocycles. The molecule has 118 valence electrons. The van der Waals surface area contributed by atoms with E-state index in [1.165, 1.54) is 50.9 Å². The molecule has 1 N–H and O–H groups in total. The summed E-state index contributed by atoms with van der Waals surface area (Å²) in [5.74, 6) is 0.941. The van der Waals surface area contributed by atoms with Crippen molar-refractivity contribution in [2.24, 2.45) is 0 Å². The minimum absolute atomic E-state index is 0.378. The summed E-state index contributed by atoms with van der Waals surface area (Å²) in [6.07, 6.45) is 5.11. The van der Waals surface area contributed by atoms with Gasteiger partial charge in [0.15, 0.2) is 0 Å². The maximum Gasteiger partial charge on any atom is 0.119 e. The third-order valence-corrected chi connectivity index (χ3v) is 4.44. The van der Waals surface area contributed by atoms with Crippen molar-refractivity contribution in [2.45, 2.75) is 51.6 Å². The third-order valence-electron chi connectivity index (χ3n) is 4.44. The predicted octanol–water partition coefficient (Wildman–Crippen LogP) is 3.61. The summed E-state index contributed by atoms with van der Waals surface area (Å²) < 4.78 is 5.32. The molecule has 3 nitrogen and oxygen atoms in total. The fourth-order valence-electron chi connectivity index (χ4n) is 3.22. The van der Waals surface area contributed by atoms with Crippen molar-refractivity contribution in [3.05, 3.63) is 29.8 Å². The molecule has 0 aliphatic carbocycles. The molecule has 1 aromatic rings. The lowest BCUT2D eigenvalue weighted by molar-refractivity contribution is 0.281. The Morgan fingerprint density at radius 3 is 2.95 bits per heavy atom. The van der Waals surface area contributed by atoms with E-state index >= 15 is 0 Å². The molecule has 21 heavy (non-hydrogen) atoms. The highest BCUT2D eigenvalue weighted by atomic mass is 16.5. The van der Waals surface area contributed by atoms with Crippen LogP contribution in [0.3, 0.4) is 0 Å². The standard InChI is InChI=1S/C18H30N2O/c1-4-11-20-12-6-8-17(10-13-20)19-15(2)16-7-5-9-18(14-16)21-3/h5,7,9,14-15,17,19H,4,6,8,10-13H2,1-3H3/t15-,17?/m0/s1. The van der Waals surface area contributed by atoms with Crippen LogP contribution in [0.4, 0.5) is 0 Å². The van der Waals surface area contributed by atoms with E-state index in [1.807, 2.05) is 6.07 Å². The molecule has 1 unspecified atom stereocenters. The Hall–Kier alpha value is -1.06. The first-order chi connectivity index (χ1) is 10.2. The molecule has 0 amide bonds. The third kappa shape index (κ3) is 5.01. The van der Waals surface area contributed by atoms with Crippen molar-refractivity contribution >= 4 is 0 Å². The highest BCUT2D eigenvalue weighted by Gasteiger charge is 2.18. The smallest absolute Gasteiger partial charge is 0.119 e. The maximum absolute atomic E-state index is 5.32. The highest BCUT2D eigenvalue weighted by molar-refractivity contribution is 5.30. The van der Waals surface area contributed by atoms with Crippen molar-refractivity contribution in [2.75, 3.05) is 26.7 Å². The van der Waals surface area contributed by atoms with Crippen LogP contribution in [0.5, 0.6) is 5.75 Å². The summed E-state index contributed by atoms with van der Waals surface area (Å²) in [5, 5.41) is 3.81. The summed E-state index contributed by atoms with van der Waals surface area (Å²) in [6, 6.07) is 9.40. The topological polar surface area (TPSA) is 24.5 Å². The number of methoxy groups -OCH3 is 1. The van der Waals surface area contributed by atoms with Crippen LogP contribution in [0.2, 0.25) is 0 Å². The molecular weight excluding hydrogens is 260 g/mol. The molecule has 0 aromatic heterocycles. The number of ether oxygens (including phenoxy) is 1. The van der Waals surface area contributed by atoms with Crippen molar-refractivity contribution in [3.8, 4) is 5.75 Å². The zero-order chi connectivity index (χ0) is 15.1. The molecule has 1 aliphatic rings. The first kappa shape index (κ1) is 16.3. The first-order valence-corrected chi connectivity index (χ1v) is 8.35. The van der Waals surface area contributed by atoms with E-state index in [4.69, 9.17) is 4.74 Å². The molecule has 1 saturated heterocycles. The van der Waals surface area contributed by atoms with Gasteiger partial charge in [0, 0.05) is 12.1 Å². The molecule has 2 atom stereocenters. The Morgan fingerprint density at radius 2 is 2.19 bits per heavy atom. The quantitative estimate of drug-likeness (QED) is 0.866. The van der Waals surface area contributed by atoms with E-state index in [2.05, 4.69) is 42.3 Å². The van der Waals surface area contributed by atoms with Crippen LogP contribution in [0, 0.1) is 0 Å². The molecule has 0 radical (unpaired) electrons. The zero-order valence-electron chi connectivity index (χ0n) is 13.8. The van der Waals surface area contributed by atoms with E-state index in [0.29, 0.717) is 12.1 Å². The lowest BCUT2D eigenvalue weighted by atomic mass is 10.0. The van der Waals surface area contributed by atoms with Crippen LogP contribution < -0.4 is 10.1 Å². The fourth-order valence-corrected chi connectivity index (χ4v) is 3.22. The van der Waals surface area contributed by atoms with Gasteiger partial charge in [-0.25, -0.2) is 0 Å². The molecule has 2 rings (SSSR count). The monoisotopic (exact) mass is 290 g/mol. The average Bonchev–Trinajstić information content (AvgIpc) is 2.73. The van der Waals surface area contributed by atoms with Crippen molar-refractivity contribution in [1.29, 1.82) is 0 Å². The maximum atomic E-state index is 5.32. The van der Waals surface area contributed by atoms with Gasteiger partial charge in [0.2, 0.25) is 0 Å². The SMILES string of the molecule is CCCN1CCCC(N[C@@H](C)c2cccc(OC)c2)CC1. The Kier molecular flexibility index (Phi) is 6.52. The second-order valence-electron chi connectivity index (χ2n) is 6.13. The lowest BCUT2D eigenvalue weighted by Crippen LogP contribution is -2.33. The van der Waals surface area contributed by atoms with E-state index in [-0.39, 0.29) is 0 Å². The van der Waals surface area contributed by atoms with Crippen LogP contribution in [0.15, 0.2) is 24.3 Å². The summed E-state index contributed by atoms with van der Waals surface area (Å²) in [6.45, 7) is 8.27. The summed E-state index contributed by atoms with van der Waals surface area (Å²) in [4.78, 5) is 2.61. The Labute approximate surface area is 129 Å². The summed E-state index contributed by atoms with van der Waals surface area (Å²) in [5.41, 5.74) is 1.31. The normalized spacial score (nSPS) is 21.8. The van der Waals surface area contributed by atoms with Gasteiger partial charge in [-0.2, -0.15) is 0 Å². The number of rotatable bonds is 6. The van der Waals surface area contributed by atoms with Gasteiger partial charge in [0.05, 0.1) is 7.11 Å². The first-order valence-electron chi connectivity index (χ1n) is 8.35. The summed E-state index contributed by atoms with van der Waals surface area (Å²) >= 11 is 0. The number of nitrogens with zero attached hydrogens (tertiary/aromatic N) is 1. The molecule has 1 fully saturated rings. The lowest BCUT2D eigenvalue weighted by Gasteiger charge is -2.23. The predicted molar refractivity (Wildman–Crippen MR) is 88.9 cm³/mol. The van der Waals surface area contributed by atoms with Gasteiger partial charge in [0.1, 0.15) is 5.75 Å². The van der Waals surface area contributed by atoms with Gasteiger partial charge in [-0.05, 0) is 69.9 Å². The molecular formula is C18H30N2O. The van der Waals surface area contributed by atoms with Crippen LogP contribution >= 0.6 is 0 Å². The minimum Gasteiger partial charge on any atom is -0.497 e. The van der Waals surface area contributed by atoms with Crippen molar-refractivity contribution in [3.63, 3.8) is 0 Å². The van der Waals surface area contributed by atoms with Gasteiger partial charge >= 0.3 is 0 Å². The number of likely N-dealkylation sites (tertiary alicyclic amines) is 1. The molecule has 1 aliphatic heterocycles. The van der Waals surface area contributed by atoms with E-state index in [1.54, 1.807) is 7.11 Å². The van der Waals surface area contributed by atoms with Crippen LogP contribution in [-0.4, -0.2) is 37.7 Å². The largest absolute Gasteiger partial charge is 0.497 e. The van der Waals surface area contributed by atoms with Crippen molar-refractivity contribution in [1.82, 2.24) is 10.2 Å². The minimum atomic E-state index is 0.378. The average molecular weight is 290 g/mol. The number of benzene rings is 1. The zero-order valence-corrected chi connectivity index (χ0v) is 13.8.